The van der Waals surface area contributed by atoms with Gasteiger partial charge in [-0.3, -0.25) is 9.69 Å². The summed E-state index contributed by atoms with van der Waals surface area (Å²) in [7, 11) is 1.67. The van der Waals surface area contributed by atoms with Crippen LogP contribution in [-0.4, -0.2) is 80.1 Å². The molecule has 2 N–H and O–H groups in total. The molecule has 0 aliphatic carbocycles. The number of rotatable bonds is 6. The Balaban J connectivity index is 1.49. The number of nitrogens with one attached hydrogen (secondary N) is 2. The molecule has 1 saturated heterocycles. The second kappa shape index (κ2) is 10.6. The first-order valence-corrected chi connectivity index (χ1v) is 14.6. The predicted molar refractivity (Wildman–Crippen MR) is 164 cm³/mol. The molecule has 1 amide bonds. The fourth-order valence-electron chi connectivity index (χ4n) is 6.21. The van der Waals surface area contributed by atoms with Crippen LogP contribution in [-0.2, 0) is 0 Å². The summed E-state index contributed by atoms with van der Waals surface area (Å²) < 4.78 is 11.3. The number of fused-ring (bicyclic) bond motifs is 3. The maximum atomic E-state index is 13.7. The number of nitrogens with zero attached hydrogens (tertiary/aromatic N) is 5. The third-order valence-electron chi connectivity index (χ3n) is 8.43. The van der Waals surface area contributed by atoms with Crippen molar-refractivity contribution in [3.05, 3.63) is 46.9 Å². The summed E-state index contributed by atoms with van der Waals surface area (Å²) in [6, 6.07) is 6.54. The molecule has 10 heteroatoms. The number of aryl methyl sites for hydroxylation is 3. The van der Waals surface area contributed by atoms with E-state index in [1.807, 2.05) is 37.8 Å². The van der Waals surface area contributed by atoms with E-state index in [0.717, 1.165) is 87.6 Å². The van der Waals surface area contributed by atoms with Crippen molar-refractivity contribution in [2.45, 2.75) is 60.4 Å². The lowest BCUT2D eigenvalue weighted by Gasteiger charge is -2.36. The van der Waals surface area contributed by atoms with E-state index in [-0.39, 0.29) is 11.8 Å². The lowest BCUT2D eigenvalue weighted by molar-refractivity contribution is 0.0590. The van der Waals surface area contributed by atoms with Crippen LogP contribution in [0.2, 0.25) is 0 Å². The second-order valence-corrected chi connectivity index (χ2v) is 11.9. The van der Waals surface area contributed by atoms with Gasteiger partial charge >= 0.3 is 0 Å². The minimum Gasteiger partial charge on any atom is -0.496 e. The van der Waals surface area contributed by atoms with Gasteiger partial charge in [0.1, 0.15) is 28.7 Å². The maximum Gasteiger partial charge on any atom is 0.270 e. The maximum absolute atomic E-state index is 13.7. The average Bonchev–Trinajstić information content (AvgIpc) is 3.66. The molecule has 42 heavy (non-hydrogen) atoms. The molecule has 1 fully saturated rings. The van der Waals surface area contributed by atoms with E-state index in [1.54, 1.807) is 7.11 Å². The molecule has 0 atom stereocenters. The molecule has 1 aliphatic rings. The zero-order chi connectivity index (χ0) is 29.9. The van der Waals surface area contributed by atoms with Crippen molar-refractivity contribution in [1.29, 1.82) is 0 Å². The van der Waals surface area contributed by atoms with E-state index in [0.29, 0.717) is 23.3 Å². The molecule has 1 aliphatic heterocycles. The number of aromatic amines is 2. The minimum absolute atomic E-state index is 0.0262. The van der Waals surface area contributed by atoms with Gasteiger partial charge in [0.15, 0.2) is 0 Å². The molecule has 0 bridgehead atoms. The van der Waals surface area contributed by atoms with Gasteiger partial charge in [0.25, 0.3) is 5.91 Å². The van der Waals surface area contributed by atoms with E-state index < -0.39 is 0 Å². The van der Waals surface area contributed by atoms with Gasteiger partial charge in [-0.25, -0.2) is 9.97 Å². The molecule has 6 rings (SSSR count). The zero-order valence-corrected chi connectivity index (χ0v) is 25.7. The van der Waals surface area contributed by atoms with Gasteiger partial charge in [-0.15, -0.1) is 0 Å². The first-order valence-electron chi connectivity index (χ1n) is 14.6. The van der Waals surface area contributed by atoms with Crippen LogP contribution >= 0.6 is 0 Å². The van der Waals surface area contributed by atoms with Gasteiger partial charge in [-0.2, -0.15) is 0 Å². The number of aromatic nitrogens is 5. The Kier molecular flexibility index (Phi) is 7.04. The summed E-state index contributed by atoms with van der Waals surface area (Å²) >= 11 is 0. The number of piperazine rings is 1. The monoisotopic (exact) mass is 569 g/mol. The number of hydrogen-bond acceptors (Lipinski definition) is 7. The van der Waals surface area contributed by atoms with Crippen LogP contribution in [0, 0.1) is 20.8 Å². The standard InChI is InChI=1S/C32H39N7O3/c1-16(2)29-23(14-25(35-29)32(40)39-11-9-38(10-12-39)17(3)4)30-28-21-15-26(41-8)22(27-18(5)37-42-19(27)6)13-24(21)36-31(28)34-20(7)33-30/h13-17,35H,9-12H2,1-8H3,(H,33,34,36). The SMILES string of the molecule is COc1cc2c(cc1-c1c(C)noc1C)[nH]c1nc(C)nc(-c3cc(C(=O)N4CCN(C(C)C)CC4)[nH]c3C(C)C)c12. The molecule has 5 heterocycles. The van der Waals surface area contributed by atoms with Crippen molar-refractivity contribution in [2.24, 2.45) is 0 Å². The summed E-state index contributed by atoms with van der Waals surface area (Å²) in [5.74, 6) is 2.26. The number of benzene rings is 1. The molecule has 1 aromatic carbocycles. The highest BCUT2D eigenvalue weighted by molar-refractivity contribution is 6.14. The summed E-state index contributed by atoms with van der Waals surface area (Å²) in [5, 5.41) is 5.98. The van der Waals surface area contributed by atoms with Gasteiger partial charge in [0, 0.05) is 59.9 Å². The second-order valence-electron chi connectivity index (χ2n) is 11.9. The fraction of sp³-hybridized carbons (Fsp3) is 0.438. The van der Waals surface area contributed by atoms with Gasteiger partial charge in [0.2, 0.25) is 0 Å². The topological polar surface area (TPSA) is 116 Å². The van der Waals surface area contributed by atoms with Crippen molar-refractivity contribution < 1.29 is 14.1 Å². The van der Waals surface area contributed by atoms with Crippen molar-refractivity contribution in [2.75, 3.05) is 33.3 Å². The Bertz CT molecular complexity index is 1780. The molecule has 0 radical (unpaired) electrons. The van der Waals surface area contributed by atoms with E-state index >= 15 is 0 Å². The third-order valence-corrected chi connectivity index (χ3v) is 8.43. The highest BCUT2D eigenvalue weighted by atomic mass is 16.5. The average molecular weight is 570 g/mol. The van der Waals surface area contributed by atoms with Crippen molar-refractivity contribution in [1.82, 2.24) is 34.9 Å². The number of ether oxygens (including phenoxy) is 1. The van der Waals surface area contributed by atoms with E-state index in [9.17, 15) is 4.79 Å². The minimum atomic E-state index is 0.0262. The van der Waals surface area contributed by atoms with Crippen LogP contribution in [0.4, 0.5) is 0 Å². The van der Waals surface area contributed by atoms with E-state index in [4.69, 9.17) is 19.2 Å². The first-order chi connectivity index (χ1) is 20.1. The number of carbonyl (C=O) groups excluding carboxylic acids is 1. The van der Waals surface area contributed by atoms with Gasteiger partial charge in [-0.05, 0) is 58.7 Å². The largest absolute Gasteiger partial charge is 0.496 e. The molecule has 0 spiro atoms. The number of methoxy groups -OCH3 is 1. The summed E-state index contributed by atoms with van der Waals surface area (Å²) in [4.78, 5) is 34.8. The third kappa shape index (κ3) is 4.63. The Morgan fingerprint density at radius 1 is 0.976 bits per heavy atom. The molecule has 10 nitrogen and oxygen atoms in total. The Morgan fingerprint density at radius 2 is 1.71 bits per heavy atom. The Morgan fingerprint density at radius 3 is 2.33 bits per heavy atom. The number of H-pyrrole nitrogens is 2. The van der Waals surface area contributed by atoms with Crippen LogP contribution < -0.4 is 4.74 Å². The van der Waals surface area contributed by atoms with Gasteiger partial charge < -0.3 is 24.1 Å². The molecule has 220 valence electrons. The van der Waals surface area contributed by atoms with Crippen LogP contribution in [0.15, 0.2) is 22.7 Å². The molecule has 4 aromatic heterocycles. The number of amides is 1. The molecular weight excluding hydrogens is 530 g/mol. The molecule has 5 aromatic rings. The smallest absolute Gasteiger partial charge is 0.270 e. The highest BCUT2D eigenvalue weighted by Gasteiger charge is 2.28. The summed E-state index contributed by atoms with van der Waals surface area (Å²) in [6.07, 6.45) is 0. The number of carbonyl (C=O) groups is 1. The van der Waals surface area contributed by atoms with E-state index in [2.05, 4.69) is 53.8 Å². The van der Waals surface area contributed by atoms with Crippen molar-refractivity contribution in [3.63, 3.8) is 0 Å². The lowest BCUT2D eigenvalue weighted by Crippen LogP contribution is -2.50. The van der Waals surface area contributed by atoms with Gasteiger partial charge in [0.05, 0.1) is 29.4 Å². The Hall–Kier alpha value is -4.18. The van der Waals surface area contributed by atoms with Crippen LogP contribution in [0.3, 0.4) is 0 Å². The summed E-state index contributed by atoms with van der Waals surface area (Å²) in [5.41, 5.74) is 7.53. The highest BCUT2D eigenvalue weighted by Crippen LogP contribution is 2.42. The van der Waals surface area contributed by atoms with Crippen LogP contribution in [0.25, 0.3) is 44.3 Å². The fourth-order valence-corrected chi connectivity index (χ4v) is 6.21. The van der Waals surface area contributed by atoms with Gasteiger partial charge in [-0.1, -0.05) is 19.0 Å². The Labute approximate surface area is 245 Å². The summed E-state index contributed by atoms with van der Waals surface area (Å²) in [6.45, 7) is 17.6. The van der Waals surface area contributed by atoms with Crippen LogP contribution in [0.1, 0.15) is 67.1 Å². The number of hydrogen-bond donors (Lipinski definition) is 2. The normalized spacial score (nSPS) is 14.7. The quantitative estimate of drug-likeness (QED) is 0.258. The molecule has 0 unspecified atom stereocenters. The lowest BCUT2D eigenvalue weighted by atomic mass is 9.98. The molecular formula is C32H39N7O3. The first kappa shape index (κ1) is 28.0. The van der Waals surface area contributed by atoms with Crippen molar-refractivity contribution in [3.8, 4) is 28.1 Å². The van der Waals surface area contributed by atoms with Crippen LogP contribution in [0.5, 0.6) is 5.75 Å². The zero-order valence-electron chi connectivity index (χ0n) is 25.7. The molecule has 0 saturated carbocycles. The predicted octanol–water partition coefficient (Wildman–Crippen LogP) is 5.98. The van der Waals surface area contributed by atoms with E-state index in [1.165, 1.54) is 0 Å². The van der Waals surface area contributed by atoms with Crippen molar-refractivity contribution >= 4 is 27.8 Å².